The maximum atomic E-state index is 12.4. The largest absolute Gasteiger partial charge is 0.497 e. The highest BCUT2D eigenvalue weighted by molar-refractivity contribution is 5.91. The van der Waals surface area contributed by atoms with Gasteiger partial charge in [0.15, 0.2) is 0 Å². The smallest absolute Gasteiger partial charge is 0.419 e. The van der Waals surface area contributed by atoms with E-state index in [1.807, 2.05) is 6.07 Å². The van der Waals surface area contributed by atoms with Gasteiger partial charge in [-0.05, 0) is 36.8 Å². The van der Waals surface area contributed by atoms with Crippen LogP contribution in [-0.4, -0.2) is 24.9 Å². The van der Waals surface area contributed by atoms with Crippen molar-refractivity contribution in [3.63, 3.8) is 0 Å². The summed E-state index contributed by atoms with van der Waals surface area (Å²) in [4.78, 5) is 13.9. The van der Waals surface area contributed by atoms with E-state index in [1.165, 1.54) is 4.90 Å². The highest BCUT2D eigenvalue weighted by Crippen LogP contribution is 2.36. The molecule has 0 radical (unpaired) electrons. The Balaban J connectivity index is 1.87. The number of hydrogen-bond acceptors (Lipinski definition) is 4. The van der Waals surface area contributed by atoms with Crippen LogP contribution < -0.4 is 14.4 Å². The number of benzene rings is 2. The second-order valence-electron chi connectivity index (χ2n) is 5.06. The number of aliphatic hydroxyl groups is 1. The molecule has 1 atom stereocenters. The van der Waals surface area contributed by atoms with E-state index in [4.69, 9.17) is 9.47 Å². The van der Waals surface area contributed by atoms with Crippen LogP contribution >= 0.6 is 0 Å². The van der Waals surface area contributed by atoms with Crippen molar-refractivity contribution in [1.82, 2.24) is 0 Å². The zero-order chi connectivity index (χ0) is 15.5. The van der Waals surface area contributed by atoms with Crippen molar-refractivity contribution in [2.75, 3.05) is 18.6 Å². The van der Waals surface area contributed by atoms with Gasteiger partial charge in [-0.3, -0.25) is 4.90 Å². The quantitative estimate of drug-likeness (QED) is 0.925. The van der Waals surface area contributed by atoms with Gasteiger partial charge in [0.2, 0.25) is 0 Å². The van der Waals surface area contributed by atoms with E-state index in [9.17, 15) is 9.90 Å². The van der Waals surface area contributed by atoms with E-state index >= 15 is 0 Å². The number of carbonyl (C=O) groups excluding carboxylic acids is 1. The van der Waals surface area contributed by atoms with Crippen LogP contribution in [0.25, 0.3) is 0 Å². The van der Waals surface area contributed by atoms with Crippen molar-refractivity contribution in [2.45, 2.75) is 12.5 Å². The second kappa shape index (κ2) is 6.07. The summed E-state index contributed by atoms with van der Waals surface area (Å²) in [5.74, 6) is 1.14. The predicted molar refractivity (Wildman–Crippen MR) is 82.4 cm³/mol. The maximum Gasteiger partial charge on any atom is 0.419 e. The topological polar surface area (TPSA) is 59.0 Å². The number of aliphatic hydroxyl groups excluding tert-OH is 1. The fraction of sp³-hybridized carbons (Fsp3) is 0.235. The van der Waals surface area contributed by atoms with Crippen molar-refractivity contribution in [1.29, 1.82) is 0 Å². The highest BCUT2D eigenvalue weighted by Gasteiger charge is 2.29. The van der Waals surface area contributed by atoms with Gasteiger partial charge in [0.1, 0.15) is 11.5 Å². The van der Waals surface area contributed by atoms with Crippen LogP contribution in [0.1, 0.15) is 18.1 Å². The average Bonchev–Trinajstić information content (AvgIpc) is 2.56. The molecule has 2 aromatic rings. The SMILES string of the molecule is COc1ccc2c(c1)C(O)CCN2C(=O)Oc1ccccc1. The van der Waals surface area contributed by atoms with Gasteiger partial charge >= 0.3 is 6.09 Å². The third-order valence-electron chi connectivity index (χ3n) is 3.68. The van der Waals surface area contributed by atoms with E-state index in [0.29, 0.717) is 35.7 Å². The van der Waals surface area contributed by atoms with Gasteiger partial charge < -0.3 is 14.6 Å². The third kappa shape index (κ3) is 2.76. The zero-order valence-corrected chi connectivity index (χ0v) is 12.2. The number of ether oxygens (including phenoxy) is 2. The number of nitrogens with zero attached hydrogens (tertiary/aromatic N) is 1. The Morgan fingerprint density at radius 1 is 1.18 bits per heavy atom. The van der Waals surface area contributed by atoms with Crippen molar-refractivity contribution in [3.05, 3.63) is 54.1 Å². The molecule has 1 N–H and O–H groups in total. The first-order valence-corrected chi connectivity index (χ1v) is 7.09. The molecule has 114 valence electrons. The fourth-order valence-electron chi connectivity index (χ4n) is 2.53. The Morgan fingerprint density at radius 3 is 2.68 bits per heavy atom. The summed E-state index contributed by atoms with van der Waals surface area (Å²) < 4.78 is 10.6. The summed E-state index contributed by atoms with van der Waals surface area (Å²) in [6.07, 6.45) is -0.597. The lowest BCUT2D eigenvalue weighted by Gasteiger charge is -2.31. The lowest BCUT2D eigenvalue weighted by molar-refractivity contribution is 0.160. The molecule has 0 aromatic heterocycles. The number of carbonyl (C=O) groups is 1. The van der Waals surface area contributed by atoms with Gasteiger partial charge in [-0.2, -0.15) is 0 Å². The predicted octanol–water partition coefficient (Wildman–Crippen LogP) is 3.14. The second-order valence-corrected chi connectivity index (χ2v) is 5.06. The molecule has 5 heteroatoms. The lowest BCUT2D eigenvalue weighted by Crippen LogP contribution is -2.38. The number of rotatable bonds is 2. The molecule has 0 spiro atoms. The van der Waals surface area contributed by atoms with Crippen molar-refractivity contribution in [3.8, 4) is 11.5 Å². The van der Waals surface area contributed by atoms with Gasteiger partial charge in [-0.1, -0.05) is 18.2 Å². The number of para-hydroxylation sites is 1. The van der Waals surface area contributed by atoms with Gasteiger partial charge in [-0.15, -0.1) is 0 Å². The van der Waals surface area contributed by atoms with Gasteiger partial charge in [0, 0.05) is 12.1 Å². The van der Waals surface area contributed by atoms with Crippen molar-refractivity contribution < 1.29 is 19.4 Å². The molecule has 2 aromatic carbocycles. The minimum absolute atomic E-state index is 0.409. The van der Waals surface area contributed by atoms with Crippen LogP contribution in [-0.2, 0) is 0 Å². The molecule has 1 amide bonds. The summed E-state index contributed by atoms with van der Waals surface area (Å²) in [6.45, 7) is 0.409. The maximum absolute atomic E-state index is 12.4. The molecule has 1 aliphatic rings. The van der Waals surface area contributed by atoms with Crippen molar-refractivity contribution >= 4 is 11.8 Å². The van der Waals surface area contributed by atoms with Crippen LogP contribution in [0.5, 0.6) is 11.5 Å². The number of amides is 1. The molecule has 1 aliphatic heterocycles. The molecule has 0 bridgehead atoms. The fourth-order valence-corrected chi connectivity index (χ4v) is 2.53. The molecule has 0 saturated carbocycles. The van der Waals surface area contributed by atoms with Crippen LogP contribution in [0, 0.1) is 0 Å². The summed E-state index contributed by atoms with van der Waals surface area (Å²) in [5, 5.41) is 10.1. The Morgan fingerprint density at radius 2 is 1.95 bits per heavy atom. The molecule has 5 nitrogen and oxygen atoms in total. The standard InChI is InChI=1S/C17H17NO4/c1-21-13-7-8-15-14(11-13)16(19)9-10-18(15)17(20)22-12-5-3-2-4-6-12/h2-8,11,16,19H,9-10H2,1H3. The monoisotopic (exact) mass is 299 g/mol. The zero-order valence-electron chi connectivity index (χ0n) is 12.2. The lowest BCUT2D eigenvalue weighted by atomic mass is 9.99. The Labute approximate surface area is 128 Å². The third-order valence-corrected chi connectivity index (χ3v) is 3.68. The Hall–Kier alpha value is -2.53. The summed E-state index contributed by atoms with van der Waals surface area (Å²) in [7, 11) is 1.57. The minimum atomic E-state index is -0.606. The van der Waals surface area contributed by atoms with Crippen molar-refractivity contribution in [2.24, 2.45) is 0 Å². The van der Waals surface area contributed by atoms with Crippen LogP contribution in [0.2, 0.25) is 0 Å². The van der Waals surface area contributed by atoms with E-state index in [0.717, 1.165) is 0 Å². The molecule has 1 heterocycles. The summed E-state index contributed by atoms with van der Waals surface area (Å²) >= 11 is 0. The molecule has 0 fully saturated rings. The van der Waals surface area contributed by atoms with Gasteiger partial charge in [-0.25, -0.2) is 4.79 Å². The first kappa shape index (κ1) is 14.4. The minimum Gasteiger partial charge on any atom is -0.497 e. The molecule has 3 rings (SSSR count). The molecule has 1 unspecified atom stereocenters. The summed E-state index contributed by atoms with van der Waals surface area (Å²) in [6, 6.07) is 14.2. The summed E-state index contributed by atoms with van der Waals surface area (Å²) in [5.41, 5.74) is 1.33. The Kier molecular flexibility index (Phi) is 3.98. The van der Waals surface area contributed by atoms with Crippen LogP contribution in [0.15, 0.2) is 48.5 Å². The van der Waals surface area contributed by atoms with E-state index in [1.54, 1.807) is 49.6 Å². The normalized spacial score (nSPS) is 16.8. The average molecular weight is 299 g/mol. The number of fused-ring (bicyclic) bond motifs is 1. The first-order valence-electron chi connectivity index (χ1n) is 7.09. The molecular weight excluding hydrogens is 282 g/mol. The van der Waals surface area contributed by atoms with Crippen LogP contribution in [0.3, 0.4) is 0 Å². The number of hydrogen-bond donors (Lipinski definition) is 1. The highest BCUT2D eigenvalue weighted by atomic mass is 16.6. The van der Waals surface area contributed by atoms with E-state index in [2.05, 4.69) is 0 Å². The van der Waals surface area contributed by atoms with E-state index < -0.39 is 12.2 Å². The number of anilines is 1. The van der Waals surface area contributed by atoms with Crippen LogP contribution in [0.4, 0.5) is 10.5 Å². The molecular formula is C17H17NO4. The number of methoxy groups -OCH3 is 1. The molecule has 0 saturated heterocycles. The first-order chi connectivity index (χ1) is 10.7. The van der Waals surface area contributed by atoms with Gasteiger partial charge in [0.05, 0.1) is 18.9 Å². The van der Waals surface area contributed by atoms with E-state index in [-0.39, 0.29) is 0 Å². The van der Waals surface area contributed by atoms with Gasteiger partial charge in [0.25, 0.3) is 0 Å². The molecule has 22 heavy (non-hydrogen) atoms. The molecule has 0 aliphatic carbocycles. The Bertz CT molecular complexity index is 672.